The summed E-state index contributed by atoms with van der Waals surface area (Å²) in [6, 6.07) is 7.88. The van der Waals surface area contributed by atoms with Gasteiger partial charge in [0.1, 0.15) is 0 Å². The quantitative estimate of drug-likeness (QED) is 0.846. The van der Waals surface area contributed by atoms with E-state index < -0.39 is 0 Å². The maximum atomic E-state index is 10.9. The van der Waals surface area contributed by atoms with Crippen LogP contribution < -0.4 is 5.73 Å². The third-order valence-electron chi connectivity index (χ3n) is 1.54. The number of nitrogens with two attached hydrogens (primary N) is 1. The second-order valence-electron chi connectivity index (χ2n) is 2.55. The van der Waals surface area contributed by atoms with Gasteiger partial charge >= 0.3 is 0 Å². The van der Waals surface area contributed by atoms with Gasteiger partial charge in [-0.2, -0.15) is 0 Å². The number of benzene rings is 1. The molecule has 0 saturated heterocycles. The number of halogens is 1. The van der Waals surface area contributed by atoms with Crippen molar-refractivity contribution in [1.82, 2.24) is 0 Å². The highest BCUT2D eigenvalue weighted by molar-refractivity contribution is 14.1. The van der Waals surface area contributed by atoms with Gasteiger partial charge in [-0.15, -0.1) is 0 Å². The van der Waals surface area contributed by atoms with E-state index >= 15 is 0 Å². The monoisotopic (exact) mass is 275 g/mol. The maximum Gasteiger partial charge on any atom is 0.150 e. The molecule has 0 bridgehead atoms. The largest absolute Gasteiger partial charge is 0.324 e. The molecule has 0 aromatic heterocycles. The number of Topliss-reactive ketones (excluding diaryl/α,β-unsaturated/α-hetero) is 1. The van der Waals surface area contributed by atoms with Crippen LogP contribution in [-0.2, 0) is 11.2 Å². The Balaban J connectivity index is 2.64. The lowest BCUT2D eigenvalue weighted by molar-refractivity contribution is -0.117. The zero-order chi connectivity index (χ0) is 8.97. The molecule has 12 heavy (non-hydrogen) atoms. The van der Waals surface area contributed by atoms with Gasteiger partial charge in [0.25, 0.3) is 0 Å². The minimum Gasteiger partial charge on any atom is -0.324 e. The molecule has 0 fully saturated rings. The van der Waals surface area contributed by atoms with Gasteiger partial charge in [0.2, 0.25) is 0 Å². The molecule has 1 rings (SSSR count). The first-order chi connectivity index (χ1) is 5.72. The van der Waals surface area contributed by atoms with Crippen LogP contribution in [-0.4, -0.2) is 12.3 Å². The molecule has 1 aromatic rings. The Bertz CT molecular complexity index is 268. The minimum absolute atomic E-state index is 0.0798. The van der Waals surface area contributed by atoms with Crippen molar-refractivity contribution in [2.45, 2.75) is 6.42 Å². The van der Waals surface area contributed by atoms with E-state index in [1.54, 1.807) is 0 Å². The van der Waals surface area contributed by atoms with Crippen LogP contribution in [0.25, 0.3) is 0 Å². The Kier molecular flexibility index (Phi) is 3.68. The molecule has 0 amide bonds. The molecule has 0 aliphatic heterocycles. The van der Waals surface area contributed by atoms with Crippen molar-refractivity contribution < 1.29 is 4.79 Å². The highest BCUT2D eigenvalue weighted by atomic mass is 127. The van der Waals surface area contributed by atoms with Crippen LogP contribution in [0.3, 0.4) is 0 Å². The average Bonchev–Trinajstić information content (AvgIpc) is 2.09. The van der Waals surface area contributed by atoms with Crippen molar-refractivity contribution in [3.63, 3.8) is 0 Å². The van der Waals surface area contributed by atoms with Crippen LogP contribution in [0.4, 0.5) is 0 Å². The summed E-state index contributed by atoms with van der Waals surface area (Å²) in [6.45, 7) is 0.131. The highest BCUT2D eigenvalue weighted by Crippen LogP contribution is 2.07. The lowest BCUT2D eigenvalue weighted by Crippen LogP contribution is -2.15. The zero-order valence-corrected chi connectivity index (χ0v) is 8.74. The maximum absolute atomic E-state index is 10.9. The van der Waals surface area contributed by atoms with Crippen molar-refractivity contribution in [1.29, 1.82) is 0 Å². The Morgan fingerprint density at radius 1 is 1.33 bits per heavy atom. The molecule has 0 saturated carbocycles. The summed E-state index contributed by atoms with van der Waals surface area (Å²) >= 11 is 2.23. The van der Waals surface area contributed by atoms with Crippen LogP contribution in [0, 0.1) is 3.57 Å². The van der Waals surface area contributed by atoms with E-state index in [-0.39, 0.29) is 12.3 Å². The Morgan fingerprint density at radius 3 is 2.42 bits per heavy atom. The number of hydrogen-bond acceptors (Lipinski definition) is 2. The first kappa shape index (κ1) is 9.67. The molecule has 0 spiro atoms. The fourth-order valence-electron chi connectivity index (χ4n) is 0.902. The van der Waals surface area contributed by atoms with E-state index in [1.165, 1.54) is 3.57 Å². The second kappa shape index (κ2) is 4.57. The Labute approximate surface area is 85.3 Å². The SMILES string of the molecule is NCC(=O)Cc1ccc(I)cc1. The number of rotatable bonds is 3. The molecule has 2 nitrogen and oxygen atoms in total. The van der Waals surface area contributed by atoms with Crippen molar-refractivity contribution in [3.8, 4) is 0 Å². The molecule has 0 atom stereocenters. The van der Waals surface area contributed by atoms with E-state index in [0.29, 0.717) is 6.42 Å². The van der Waals surface area contributed by atoms with Crippen LogP contribution in [0.15, 0.2) is 24.3 Å². The summed E-state index contributed by atoms with van der Waals surface area (Å²) in [6.07, 6.45) is 0.452. The first-order valence-corrected chi connectivity index (χ1v) is 4.76. The van der Waals surface area contributed by atoms with Gasteiger partial charge in [-0.1, -0.05) is 12.1 Å². The average molecular weight is 275 g/mol. The molecular formula is C9H10INO. The molecule has 3 heteroatoms. The summed E-state index contributed by atoms with van der Waals surface area (Å²) in [5, 5.41) is 0. The summed E-state index contributed by atoms with van der Waals surface area (Å²) in [5.41, 5.74) is 6.23. The number of hydrogen-bond donors (Lipinski definition) is 1. The van der Waals surface area contributed by atoms with Crippen molar-refractivity contribution >= 4 is 28.4 Å². The zero-order valence-electron chi connectivity index (χ0n) is 6.59. The predicted octanol–water partition coefficient (Wildman–Crippen LogP) is 1.36. The molecule has 0 heterocycles. The molecule has 0 radical (unpaired) electrons. The highest BCUT2D eigenvalue weighted by Gasteiger charge is 1.99. The Morgan fingerprint density at radius 2 is 1.92 bits per heavy atom. The van der Waals surface area contributed by atoms with Gasteiger partial charge in [-0.05, 0) is 40.3 Å². The van der Waals surface area contributed by atoms with Crippen LogP contribution in [0.1, 0.15) is 5.56 Å². The molecule has 0 unspecified atom stereocenters. The predicted molar refractivity (Wildman–Crippen MR) is 56.9 cm³/mol. The van der Waals surface area contributed by atoms with Crippen molar-refractivity contribution in [3.05, 3.63) is 33.4 Å². The number of carbonyl (C=O) groups excluding carboxylic acids is 1. The Hall–Kier alpha value is -0.420. The van der Waals surface area contributed by atoms with Gasteiger partial charge < -0.3 is 5.73 Å². The van der Waals surface area contributed by atoms with E-state index in [0.717, 1.165) is 5.56 Å². The fraction of sp³-hybridized carbons (Fsp3) is 0.222. The van der Waals surface area contributed by atoms with Crippen LogP contribution in [0.2, 0.25) is 0 Å². The van der Waals surface area contributed by atoms with E-state index in [1.807, 2.05) is 24.3 Å². The molecule has 0 aliphatic carbocycles. The smallest absolute Gasteiger partial charge is 0.150 e. The normalized spacial score (nSPS) is 9.83. The third kappa shape index (κ3) is 2.91. The summed E-state index contributed by atoms with van der Waals surface area (Å²) < 4.78 is 1.18. The fourth-order valence-corrected chi connectivity index (χ4v) is 1.26. The van der Waals surface area contributed by atoms with Gasteiger partial charge in [0.05, 0.1) is 6.54 Å². The summed E-state index contributed by atoms with van der Waals surface area (Å²) in [4.78, 5) is 10.9. The molecule has 2 N–H and O–H groups in total. The van der Waals surface area contributed by atoms with Gasteiger partial charge in [0, 0.05) is 9.99 Å². The third-order valence-corrected chi connectivity index (χ3v) is 2.26. The number of carbonyl (C=O) groups is 1. The van der Waals surface area contributed by atoms with E-state index in [9.17, 15) is 4.79 Å². The minimum atomic E-state index is 0.0798. The summed E-state index contributed by atoms with van der Waals surface area (Å²) in [7, 11) is 0. The standard InChI is InChI=1S/C9H10INO/c10-8-3-1-7(2-4-8)5-9(12)6-11/h1-4H,5-6,11H2. The first-order valence-electron chi connectivity index (χ1n) is 3.68. The topological polar surface area (TPSA) is 43.1 Å². The summed E-state index contributed by atoms with van der Waals surface area (Å²) in [5.74, 6) is 0.0798. The van der Waals surface area contributed by atoms with Crippen LogP contribution >= 0.6 is 22.6 Å². The molecule has 64 valence electrons. The molecular weight excluding hydrogens is 265 g/mol. The second-order valence-corrected chi connectivity index (χ2v) is 3.79. The van der Waals surface area contributed by atoms with Gasteiger partial charge in [-0.25, -0.2) is 0 Å². The van der Waals surface area contributed by atoms with E-state index in [4.69, 9.17) is 5.73 Å². The van der Waals surface area contributed by atoms with Crippen molar-refractivity contribution in [2.75, 3.05) is 6.54 Å². The van der Waals surface area contributed by atoms with Crippen molar-refractivity contribution in [2.24, 2.45) is 5.73 Å². The van der Waals surface area contributed by atoms with Gasteiger partial charge in [0.15, 0.2) is 5.78 Å². The lowest BCUT2D eigenvalue weighted by atomic mass is 10.1. The number of ketones is 1. The van der Waals surface area contributed by atoms with Crippen LogP contribution in [0.5, 0.6) is 0 Å². The van der Waals surface area contributed by atoms with E-state index in [2.05, 4.69) is 22.6 Å². The van der Waals surface area contributed by atoms with Gasteiger partial charge in [-0.3, -0.25) is 4.79 Å². The molecule has 0 aliphatic rings. The molecule has 1 aromatic carbocycles. The lowest BCUT2D eigenvalue weighted by Gasteiger charge is -1.98.